The standard InChI is InChI=1S/C18H27N7O.HI/c1-3-16-24-23-14-25(16)12-11-21-18(19-2)20-10-9-17(26)22-13-15-7-5-4-6-8-15;/h4-8,14H,3,9-13H2,1-2H3,(H,22,26)(H2,19,20,21);1H. The van der Waals surface area contributed by atoms with Crippen molar-refractivity contribution in [1.29, 1.82) is 0 Å². The molecule has 8 nitrogen and oxygen atoms in total. The topological polar surface area (TPSA) is 96.2 Å². The molecule has 0 bridgehead atoms. The smallest absolute Gasteiger partial charge is 0.222 e. The summed E-state index contributed by atoms with van der Waals surface area (Å²) in [5.74, 6) is 1.64. The zero-order chi connectivity index (χ0) is 18.6. The molecule has 2 rings (SSSR count). The predicted octanol–water partition coefficient (Wildman–Crippen LogP) is 1.33. The first-order valence-corrected chi connectivity index (χ1v) is 8.84. The van der Waals surface area contributed by atoms with Gasteiger partial charge in [-0.3, -0.25) is 9.79 Å². The van der Waals surface area contributed by atoms with Gasteiger partial charge in [0.1, 0.15) is 12.2 Å². The third-order valence-corrected chi connectivity index (χ3v) is 3.86. The molecule has 1 aromatic carbocycles. The van der Waals surface area contributed by atoms with E-state index in [-0.39, 0.29) is 29.9 Å². The quantitative estimate of drug-likeness (QED) is 0.283. The molecule has 1 aromatic heterocycles. The fourth-order valence-electron chi connectivity index (χ4n) is 2.43. The van der Waals surface area contributed by atoms with E-state index in [1.54, 1.807) is 13.4 Å². The van der Waals surface area contributed by atoms with Crippen molar-refractivity contribution < 1.29 is 4.79 Å². The van der Waals surface area contributed by atoms with E-state index in [1.165, 1.54) is 0 Å². The number of hydrogen-bond acceptors (Lipinski definition) is 4. The summed E-state index contributed by atoms with van der Waals surface area (Å²) < 4.78 is 2.01. The molecule has 27 heavy (non-hydrogen) atoms. The van der Waals surface area contributed by atoms with Crippen LogP contribution in [-0.2, 0) is 24.3 Å². The first-order valence-electron chi connectivity index (χ1n) is 8.84. The number of aromatic nitrogens is 3. The monoisotopic (exact) mass is 485 g/mol. The summed E-state index contributed by atoms with van der Waals surface area (Å²) in [5, 5.41) is 17.2. The lowest BCUT2D eigenvalue weighted by Gasteiger charge is -2.12. The summed E-state index contributed by atoms with van der Waals surface area (Å²) in [5.41, 5.74) is 1.09. The third kappa shape index (κ3) is 8.37. The van der Waals surface area contributed by atoms with Gasteiger partial charge >= 0.3 is 0 Å². The van der Waals surface area contributed by atoms with Crippen LogP contribution in [0, 0.1) is 0 Å². The minimum atomic E-state index is 0. The van der Waals surface area contributed by atoms with Crippen molar-refractivity contribution in [3.05, 3.63) is 48.0 Å². The summed E-state index contributed by atoms with van der Waals surface area (Å²) in [6, 6.07) is 9.86. The lowest BCUT2D eigenvalue weighted by atomic mass is 10.2. The van der Waals surface area contributed by atoms with Crippen molar-refractivity contribution in [2.75, 3.05) is 20.1 Å². The van der Waals surface area contributed by atoms with Crippen molar-refractivity contribution in [2.45, 2.75) is 32.9 Å². The highest BCUT2D eigenvalue weighted by atomic mass is 127. The molecular weight excluding hydrogens is 457 g/mol. The lowest BCUT2D eigenvalue weighted by Crippen LogP contribution is -2.40. The SMILES string of the molecule is CCc1nncn1CCNC(=NC)NCCC(=O)NCc1ccccc1.I. The second-order valence-electron chi connectivity index (χ2n) is 5.73. The molecule has 0 saturated carbocycles. The Bertz CT molecular complexity index is 703. The van der Waals surface area contributed by atoms with Crippen LogP contribution in [0.2, 0.25) is 0 Å². The van der Waals surface area contributed by atoms with Crippen LogP contribution >= 0.6 is 24.0 Å². The molecular formula is C18H28IN7O. The van der Waals surface area contributed by atoms with Crippen LogP contribution in [0.25, 0.3) is 0 Å². The van der Waals surface area contributed by atoms with Crippen LogP contribution in [0.3, 0.4) is 0 Å². The van der Waals surface area contributed by atoms with Gasteiger partial charge in [0.05, 0.1) is 0 Å². The maximum absolute atomic E-state index is 11.9. The predicted molar refractivity (Wildman–Crippen MR) is 117 cm³/mol. The van der Waals surface area contributed by atoms with Crippen LogP contribution < -0.4 is 16.0 Å². The van der Waals surface area contributed by atoms with E-state index in [9.17, 15) is 4.79 Å². The van der Waals surface area contributed by atoms with Gasteiger partial charge in [-0.1, -0.05) is 37.3 Å². The van der Waals surface area contributed by atoms with Gasteiger partial charge in [-0.25, -0.2) is 0 Å². The van der Waals surface area contributed by atoms with E-state index in [0.717, 1.165) is 24.4 Å². The molecule has 1 heterocycles. The minimum absolute atomic E-state index is 0. The Morgan fingerprint density at radius 2 is 1.89 bits per heavy atom. The van der Waals surface area contributed by atoms with Crippen molar-refractivity contribution >= 4 is 35.8 Å². The number of halogens is 1. The molecule has 0 saturated heterocycles. The number of carbonyl (C=O) groups excluding carboxylic acids is 1. The zero-order valence-corrected chi connectivity index (χ0v) is 18.1. The maximum atomic E-state index is 11.9. The number of carbonyl (C=O) groups is 1. The van der Waals surface area contributed by atoms with E-state index in [4.69, 9.17) is 0 Å². The number of amides is 1. The molecule has 9 heteroatoms. The Labute approximate surface area is 177 Å². The van der Waals surface area contributed by atoms with Crippen molar-refractivity contribution in [3.8, 4) is 0 Å². The van der Waals surface area contributed by atoms with Crippen LogP contribution in [0.5, 0.6) is 0 Å². The summed E-state index contributed by atoms with van der Waals surface area (Å²) in [4.78, 5) is 16.1. The number of hydrogen-bond donors (Lipinski definition) is 3. The van der Waals surface area contributed by atoms with E-state index >= 15 is 0 Å². The number of nitrogens with one attached hydrogen (secondary N) is 3. The first kappa shape index (κ1) is 22.9. The molecule has 0 aliphatic heterocycles. The largest absolute Gasteiger partial charge is 0.356 e. The molecule has 0 aliphatic rings. The Morgan fingerprint density at radius 3 is 2.59 bits per heavy atom. The summed E-state index contributed by atoms with van der Waals surface area (Å²) in [7, 11) is 1.71. The van der Waals surface area contributed by atoms with E-state index in [0.29, 0.717) is 32.0 Å². The molecule has 0 radical (unpaired) electrons. The van der Waals surface area contributed by atoms with E-state index in [1.807, 2.05) is 34.9 Å². The highest BCUT2D eigenvalue weighted by Gasteiger charge is 2.04. The Balaban J connectivity index is 0.00000364. The molecule has 0 unspecified atom stereocenters. The number of benzene rings is 1. The number of nitrogens with zero attached hydrogens (tertiary/aromatic N) is 4. The number of rotatable bonds is 9. The van der Waals surface area contributed by atoms with E-state index in [2.05, 4.69) is 38.1 Å². The first-order chi connectivity index (χ1) is 12.7. The molecule has 0 fully saturated rings. The molecule has 0 atom stereocenters. The maximum Gasteiger partial charge on any atom is 0.222 e. The van der Waals surface area contributed by atoms with Gasteiger partial charge in [-0.2, -0.15) is 0 Å². The second-order valence-corrected chi connectivity index (χ2v) is 5.73. The Kier molecular flexibility index (Phi) is 11.1. The minimum Gasteiger partial charge on any atom is -0.356 e. The third-order valence-electron chi connectivity index (χ3n) is 3.86. The van der Waals surface area contributed by atoms with Crippen molar-refractivity contribution in [1.82, 2.24) is 30.7 Å². The molecule has 3 N–H and O–H groups in total. The normalized spacial score (nSPS) is 10.8. The lowest BCUT2D eigenvalue weighted by molar-refractivity contribution is -0.121. The zero-order valence-electron chi connectivity index (χ0n) is 15.8. The van der Waals surface area contributed by atoms with Crippen LogP contribution in [0.4, 0.5) is 0 Å². The van der Waals surface area contributed by atoms with Gasteiger partial charge in [0.15, 0.2) is 5.96 Å². The van der Waals surface area contributed by atoms with Gasteiger partial charge in [0.25, 0.3) is 0 Å². The van der Waals surface area contributed by atoms with Crippen LogP contribution in [0.1, 0.15) is 24.7 Å². The van der Waals surface area contributed by atoms with Crippen molar-refractivity contribution in [2.24, 2.45) is 4.99 Å². The fourth-order valence-corrected chi connectivity index (χ4v) is 2.43. The van der Waals surface area contributed by atoms with Gasteiger partial charge in [-0.15, -0.1) is 34.2 Å². The Morgan fingerprint density at radius 1 is 1.15 bits per heavy atom. The highest BCUT2D eigenvalue weighted by molar-refractivity contribution is 14.0. The Hall–Kier alpha value is -2.17. The van der Waals surface area contributed by atoms with Crippen LogP contribution in [0.15, 0.2) is 41.7 Å². The van der Waals surface area contributed by atoms with E-state index < -0.39 is 0 Å². The highest BCUT2D eigenvalue weighted by Crippen LogP contribution is 1.97. The van der Waals surface area contributed by atoms with Gasteiger partial charge in [0, 0.05) is 46.1 Å². The molecule has 148 valence electrons. The van der Waals surface area contributed by atoms with Crippen molar-refractivity contribution in [3.63, 3.8) is 0 Å². The number of guanidine groups is 1. The molecule has 0 aliphatic carbocycles. The summed E-state index contributed by atoms with van der Waals surface area (Å²) in [6.07, 6.45) is 2.97. The van der Waals surface area contributed by atoms with Crippen LogP contribution in [-0.4, -0.2) is 46.8 Å². The summed E-state index contributed by atoms with van der Waals surface area (Å²) >= 11 is 0. The average Bonchev–Trinajstić information content (AvgIpc) is 3.13. The van der Waals surface area contributed by atoms with Gasteiger partial charge in [-0.05, 0) is 5.56 Å². The second kappa shape index (κ2) is 13.1. The molecule has 2 aromatic rings. The van der Waals surface area contributed by atoms with Gasteiger partial charge in [0.2, 0.25) is 5.91 Å². The average molecular weight is 485 g/mol. The number of aryl methyl sites for hydroxylation is 1. The number of aliphatic imine (C=N–C) groups is 1. The molecule has 1 amide bonds. The van der Waals surface area contributed by atoms with Gasteiger partial charge < -0.3 is 20.5 Å². The fraction of sp³-hybridized carbons (Fsp3) is 0.444. The summed E-state index contributed by atoms with van der Waals surface area (Å²) in [6.45, 7) is 4.58. The molecule has 0 spiro atoms.